The maximum atomic E-state index is 13.1. The lowest BCUT2D eigenvalue weighted by Gasteiger charge is -2.47. The Hall–Kier alpha value is -4.40. The van der Waals surface area contributed by atoms with Gasteiger partial charge in [0, 0.05) is 16.2 Å². The Morgan fingerprint density at radius 3 is 2.25 bits per heavy atom. The molecule has 1 fully saturated rings. The van der Waals surface area contributed by atoms with Crippen LogP contribution in [-0.4, -0.2) is 31.2 Å². The van der Waals surface area contributed by atoms with E-state index in [1.165, 1.54) is 0 Å². The smallest absolute Gasteiger partial charge is 0.270 e. The van der Waals surface area contributed by atoms with E-state index >= 15 is 0 Å². The van der Waals surface area contributed by atoms with Gasteiger partial charge in [0.2, 0.25) is 0 Å². The number of anilines is 1. The first-order valence-corrected chi connectivity index (χ1v) is 10.0. The van der Waals surface area contributed by atoms with Crippen molar-refractivity contribution < 1.29 is 14.3 Å². The molecule has 0 radical (unpaired) electrons. The Morgan fingerprint density at radius 1 is 0.969 bits per heavy atom. The normalized spacial score (nSPS) is 17.8. The van der Waals surface area contributed by atoms with Crippen LogP contribution in [0.4, 0.5) is 5.69 Å². The first-order chi connectivity index (χ1) is 15.7. The lowest BCUT2D eigenvalue weighted by atomic mass is 9.90. The van der Waals surface area contributed by atoms with E-state index in [9.17, 15) is 10.3 Å². The Bertz CT molecular complexity index is 1180. The monoisotopic (exact) mass is 424 g/mol. The Kier molecular flexibility index (Phi) is 6.26. The van der Waals surface area contributed by atoms with Crippen LogP contribution in [0.5, 0.6) is 11.5 Å². The van der Waals surface area contributed by atoms with Gasteiger partial charge in [-0.1, -0.05) is 53.4 Å². The molecule has 1 aliphatic rings. The van der Waals surface area contributed by atoms with E-state index in [0.717, 1.165) is 5.56 Å². The molecule has 1 aliphatic heterocycles. The van der Waals surface area contributed by atoms with Crippen molar-refractivity contribution in [3.63, 3.8) is 0 Å². The number of nitrogens with zero attached hydrogens (tertiary/aromatic N) is 4. The van der Waals surface area contributed by atoms with Gasteiger partial charge in [-0.05, 0) is 54.1 Å². The molecule has 0 aliphatic carbocycles. The van der Waals surface area contributed by atoms with Crippen LogP contribution in [0.3, 0.4) is 0 Å². The number of azide groups is 1. The molecule has 1 amide bonds. The molecule has 7 nitrogen and oxygen atoms in total. The van der Waals surface area contributed by atoms with E-state index in [2.05, 4.69) is 21.9 Å². The second-order valence-electron chi connectivity index (χ2n) is 7.03. The van der Waals surface area contributed by atoms with E-state index in [0.29, 0.717) is 17.2 Å². The number of hydrogen-bond donors (Lipinski definition) is 0. The van der Waals surface area contributed by atoms with Gasteiger partial charge in [0.25, 0.3) is 5.91 Å². The zero-order valence-electron chi connectivity index (χ0n) is 17.3. The van der Waals surface area contributed by atoms with Crippen molar-refractivity contribution in [1.29, 1.82) is 0 Å². The molecule has 0 unspecified atom stereocenters. The molecule has 0 aromatic heterocycles. The van der Waals surface area contributed by atoms with E-state index < -0.39 is 18.2 Å². The van der Waals surface area contributed by atoms with Crippen LogP contribution >= 0.6 is 0 Å². The summed E-state index contributed by atoms with van der Waals surface area (Å²) in [4.78, 5) is 17.6. The molecule has 3 atom stereocenters. The highest BCUT2D eigenvalue weighted by Gasteiger charge is 2.53. The summed E-state index contributed by atoms with van der Waals surface area (Å²) >= 11 is 0. The van der Waals surface area contributed by atoms with E-state index in [1.807, 2.05) is 48.5 Å². The number of carbonyl (C=O) groups is 1. The van der Waals surface area contributed by atoms with Gasteiger partial charge < -0.3 is 14.4 Å². The van der Waals surface area contributed by atoms with Gasteiger partial charge in [0.1, 0.15) is 23.6 Å². The van der Waals surface area contributed by atoms with E-state index in [-0.39, 0.29) is 5.91 Å². The van der Waals surface area contributed by atoms with Gasteiger partial charge in [0.15, 0.2) is 6.10 Å². The number of rotatable bonds is 6. The maximum Gasteiger partial charge on any atom is 0.270 e. The van der Waals surface area contributed by atoms with Gasteiger partial charge in [-0.3, -0.25) is 4.79 Å². The number of hydrogen-bond acceptors (Lipinski definition) is 4. The van der Waals surface area contributed by atoms with Gasteiger partial charge in [-0.25, -0.2) is 0 Å². The predicted octanol–water partition coefficient (Wildman–Crippen LogP) is 4.59. The SMILES string of the molecule is COc1ccc(N2C(=O)[C@H](Oc3ccccc3)[C@@H]2[C@H](C#Cc2ccccc2)N=[N+]=[N-])cc1. The molecule has 0 saturated carbocycles. The van der Waals surface area contributed by atoms with Crippen molar-refractivity contribution in [1.82, 2.24) is 0 Å². The highest BCUT2D eigenvalue weighted by atomic mass is 16.5. The van der Waals surface area contributed by atoms with Crippen molar-refractivity contribution in [2.75, 3.05) is 12.0 Å². The Labute approximate surface area is 185 Å². The van der Waals surface area contributed by atoms with Crippen LogP contribution in [0.25, 0.3) is 10.4 Å². The third-order valence-electron chi connectivity index (χ3n) is 5.08. The minimum Gasteiger partial charge on any atom is -0.497 e. The molecule has 0 bridgehead atoms. The highest BCUT2D eigenvalue weighted by molar-refractivity contribution is 6.05. The van der Waals surface area contributed by atoms with E-state index in [4.69, 9.17) is 9.47 Å². The second kappa shape index (κ2) is 9.61. The third kappa shape index (κ3) is 4.36. The lowest BCUT2D eigenvalue weighted by molar-refractivity contribution is -0.135. The van der Waals surface area contributed by atoms with Crippen LogP contribution < -0.4 is 14.4 Å². The standard InChI is InChI=1S/C25H20N4O3/c1-31-20-15-13-19(14-16-20)29-23(24(25(29)30)32-21-10-6-3-7-11-21)22(27-28-26)17-12-18-8-4-2-5-9-18/h2-11,13-16,22-24H,1H3/t22-,23-,24+/m0/s1. The van der Waals surface area contributed by atoms with Crippen molar-refractivity contribution in [3.8, 4) is 23.3 Å². The lowest BCUT2D eigenvalue weighted by Crippen LogP contribution is -2.71. The fraction of sp³-hybridized carbons (Fsp3) is 0.160. The zero-order valence-corrected chi connectivity index (χ0v) is 17.3. The van der Waals surface area contributed by atoms with Crippen molar-refractivity contribution in [3.05, 3.63) is 101 Å². The summed E-state index contributed by atoms with van der Waals surface area (Å²) in [6.07, 6.45) is -0.833. The van der Waals surface area contributed by atoms with Gasteiger partial charge in [-0.2, -0.15) is 0 Å². The first-order valence-electron chi connectivity index (χ1n) is 10.0. The fourth-order valence-electron chi connectivity index (χ4n) is 3.52. The quantitative estimate of drug-likeness (QED) is 0.191. The number of para-hydroxylation sites is 1. The van der Waals surface area contributed by atoms with Crippen LogP contribution in [-0.2, 0) is 4.79 Å². The van der Waals surface area contributed by atoms with Gasteiger partial charge in [0.05, 0.1) is 7.11 Å². The zero-order chi connectivity index (χ0) is 22.3. The van der Waals surface area contributed by atoms with Crippen LogP contribution in [0.15, 0.2) is 90.0 Å². The summed E-state index contributed by atoms with van der Waals surface area (Å²) in [5, 5.41) is 3.91. The van der Waals surface area contributed by atoms with Crippen LogP contribution in [0, 0.1) is 11.8 Å². The predicted molar refractivity (Wildman–Crippen MR) is 121 cm³/mol. The summed E-state index contributed by atoms with van der Waals surface area (Å²) in [5.41, 5.74) is 10.6. The van der Waals surface area contributed by atoms with Crippen molar-refractivity contribution >= 4 is 11.6 Å². The van der Waals surface area contributed by atoms with Gasteiger partial charge in [-0.15, -0.1) is 0 Å². The molecular weight excluding hydrogens is 404 g/mol. The van der Waals surface area contributed by atoms with Crippen molar-refractivity contribution in [2.24, 2.45) is 5.11 Å². The first kappa shape index (κ1) is 20.9. The molecule has 0 N–H and O–H groups in total. The number of amides is 1. The molecule has 32 heavy (non-hydrogen) atoms. The number of benzene rings is 3. The summed E-state index contributed by atoms with van der Waals surface area (Å²) < 4.78 is 11.2. The number of ether oxygens (including phenoxy) is 2. The summed E-state index contributed by atoms with van der Waals surface area (Å²) in [5.74, 6) is 7.06. The Morgan fingerprint density at radius 2 is 1.62 bits per heavy atom. The van der Waals surface area contributed by atoms with Crippen molar-refractivity contribution in [2.45, 2.75) is 18.2 Å². The number of methoxy groups -OCH3 is 1. The molecule has 4 rings (SSSR count). The average Bonchev–Trinajstić information content (AvgIpc) is 2.85. The maximum absolute atomic E-state index is 13.1. The summed E-state index contributed by atoms with van der Waals surface area (Å²) in [6, 6.07) is 24.1. The molecular formula is C25H20N4O3. The number of β-lactam (4-membered cyclic amide) rings is 1. The molecule has 1 saturated heterocycles. The van der Waals surface area contributed by atoms with Crippen LogP contribution in [0.1, 0.15) is 5.56 Å². The second-order valence-corrected chi connectivity index (χ2v) is 7.03. The number of carbonyl (C=O) groups excluding carboxylic acids is 1. The Balaban J connectivity index is 1.70. The molecule has 7 heteroatoms. The van der Waals surface area contributed by atoms with E-state index in [1.54, 1.807) is 48.4 Å². The minimum absolute atomic E-state index is 0.233. The average molecular weight is 424 g/mol. The van der Waals surface area contributed by atoms with Crippen LogP contribution in [0.2, 0.25) is 0 Å². The fourth-order valence-corrected chi connectivity index (χ4v) is 3.52. The minimum atomic E-state index is -0.833. The summed E-state index contributed by atoms with van der Waals surface area (Å²) in [7, 11) is 1.58. The molecule has 3 aromatic carbocycles. The molecule has 1 heterocycles. The van der Waals surface area contributed by atoms with Gasteiger partial charge >= 0.3 is 0 Å². The summed E-state index contributed by atoms with van der Waals surface area (Å²) in [6.45, 7) is 0. The third-order valence-corrected chi connectivity index (χ3v) is 5.08. The molecule has 3 aromatic rings. The largest absolute Gasteiger partial charge is 0.497 e. The highest BCUT2D eigenvalue weighted by Crippen LogP contribution is 2.35. The topological polar surface area (TPSA) is 87.5 Å². The molecule has 0 spiro atoms. The molecule has 158 valence electrons.